The van der Waals surface area contributed by atoms with Gasteiger partial charge in [-0.1, -0.05) is 41.9 Å². The lowest BCUT2D eigenvalue weighted by atomic mass is 9.99. The van der Waals surface area contributed by atoms with Crippen LogP contribution in [0.25, 0.3) is 22.6 Å². The molecule has 1 aromatic heterocycles. The highest BCUT2D eigenvalue weighted by Gasteiger charge is 2.30. The van der Waals surface area contributed by atoms with Crippen molar-refractivity contribution in [2.24, 2.45) is 0 Å². The average molecular weight is 446 g/mol. The number of para-hydroxylation sites is 1. The molecule has 2 aromatic carbocycles. The number of carbonyl (C=O) groups excluding carboxylic acids is 2. The Morgan fingerprint density at radius 2 is 1.62 bits per heavy atom. The van der Waals surface area contributed by atoms with Crippen molar-refractivity contribution in [1.82, 2.24) is 14.8 Å². The zero-order valence-electron chi connectivity index (χ0n) is 18.0. The van der Waals surface area contributed by atoms with Gasteiger partial charge in [-0.25, -0.2) is 4.98 Å². The van der Waals surface area contributed by atoms with E-state index in [1.807, 2.05) is 53.4 Å². The number of allylic oxidation sites excluding steroid dienone is 1. The molecule has 0 bridgehead atoms. The normalized spacial score (nSPS) is 17.1. The predicted molar refractivity (Wildman–Crippen MR) is 128 cm³/mol. The van der Waals surface area contributed by atoms with Crippen molar-refractivity contribution in [2.45, 2.75) is 19.8 Å². The summed E-state index contributed by atoms with van der Waals surface area (Å²) in [5.74, 6) is 0.0973. The van der Waals surface area contributed by atoms with Crippen LogP contribution in [0.5, 0.6) is 0 Å². The van der Waals surface area contributed by atoms with Crippen LogP contribution in [0, 0.1) is 0 Å². The van der Waals surface area contributed by atoms with Gasteiger partial charge in [0.15, 0.2) is 0 Å². The second kappa shape index (κ2) is 8.40. The van der Waals surface area contributed by atoms with E-state index in [-0.39, 0.29) is 11.8 Å². The summed E-state index contributed by atoms with van der Waals surface area (Å²) in [5, 5.41) is 1.61. The largest absolute Gasteiger partial charge is 0.339 e. The van der Waals surface area contributed by atoms with Crippen LogP contribution < -0.4 is 0 Å². The molecule has 0 saturated carbocycles. The minimum absolute atomic E-state index is 0.0378. The lowest BCUT2D eigenvalue weighted by Crippen LogP contribution is -2.50. The minimum Gasteiger partial charge on any atom is -0.339 e. The molecule has 32 heavy (non-hydrogen) atoms. The van der Waals surface area contributed by atoms with Gasteiger partial charge in [0.05, 0.1) is 16.8 Å². The summed E-state index contributed by atoms with van der Waals surface area (Å²) < 4.78 is 0. The summed E-state index contributed by atoms with van der Waals surface area (Å²) >= 11 is 6.03. The molecule has 0 N–H and O–H groups in total. The van der Waals surface area contributed by atoms with Crippen molar-refractivity contribution in [3.8, 4) is 0 Å². The number of benzene rings is 2. The van der Waals surface area contributed by atoms with Gasteiger partial charge in [0, 0.05) is 43.5 Å². The molecule has 1 saturated heterocycles. The lowest BCUT2D eigenvalue weighted by molar-refractivity contribution is -0.130. The Labute approximate surface area is 192 Å². The minimum atomic E-state index is 0.0378. The fourth-order valence-electron chi connectivity index (χ4n) is 4.67. The van der Waals surface area contributed by atoms with Gasteiger partial charge in [-0.3, -0.25) is 9.59 Å². The maximum atomic E-state index is 13.7. The first-order chi connectivity index (χ1) is 15.5. The highest BCUT2D eigenvalue weighted by molar-refractivity contribution is 6.30. The second-order valence-electron chi connectivity index (χ2n) is 8.35. The van der Waals surface area contributed by atoms with E-state index in [2.05, 4.69) is 6.08 Å². The third-order valence-corrected chi connectivity index (χ3v) is 6.63. The molecular formula is C26H24ClN3O2. The number of hydrogen-bond acceptors (Lipinski definition) is 3. The Morgan fingerprint density at radius 3 is 2.34 bits per heavy atom. The maximum absolute atomic E-state index is 13.7. The van der Waals surface area contributed by atoms with E-state index in [0.717, 1.165) is 51.7 Å². The molecule has 5 nitrogen and oxygen atoms in total. The van der Waals surface area contributed by atoms with Gasteiger partial charge in [-0.2, -0.15) is 0 Å². The van der Waals surface area contributed by atoms with Gasteiger partial charge < -0.3 is 9.80 Å². The number of carbonyl (C=O) groups is 2. The van der Waals surface area contributed by atoms with E-state index >= 15 is 0 Å². The fourth-order valence-corrected chi connectivity index (χ4v) is 4.79. The van der Waals surface area contributed by atoms with Crippen LogP contribution in [0.3, 0.4) is 0 Å². The number of amides is 2. The summed E-state index contributed by atoms with van der Waals surface area (Å²) in [6, 6.07) is 15.6. The first-order valence-corrected chi connectivity index (χ1v) is 11.3. The molecule has 6 heteroatoms. The summed E-state index contributed by atoms with van der Waals surface area (Å²) in [7, 11) is 0. The summed E-state index contributed by atoms with van der Waals surface area (Å²) in [5.41, 5.74) is 5.76. The summed E-state index contributed by atoms with van der Waals surface area (Å²) in [4.78, 5) is 34.0. The Bertz CT molecular complexity index is 1240. The number of pyridine rings is 1. The Kier molecular flexibility index (Phi) is 5.43. The molecule has 1 aliphatic carbocycles. The molecule has 0 radical (unpaired) electrons. The highest BCUT2D eigenvalue weighted by atomic mass is 35.5. The summed E-state index contributed by atoms with van der Waals surface area (Å²) in [6.07, 6.45) is 3.78. The van der Waals surface area contributed by atoms with Crippen molar-refractivity contribution in [3.63, 3.8) is 0 Å². The van der Waals surface area contributed by atoms with Crippen LogP contribution >= 0.6 is 11.6 Å². The Balaban J connectivity index is 1.56. The lowest BCUT2D eigenvalue weighted by Gasteiger charge is -2.34. The molecule has 1 fully saturated rings. The van der Waals surface area contributed by atoms with Gasteiger partial charge in [0.2, 0.25) is 5.91 Å². The Morgan fingerprint density at radius 1 is 0.938 bits per heavy atom. The van der Waals surface area contributed by atoms with Gasteiger partial charge in [0.1, 0.15) is 0 Å². The van der Waals surface area contributed by atoms with Gasteiger partial charge in [0.25, 0.3) is 5.91 Å². The third kappa shape index (κ3) is 3.78. The second-order valence-corrected chi connectivity index (χ2v) is 8.79. The van der Waals surface area contributed by atoms with E-state index in [0.29, 0.717) is 31.2 Å². The zero-order valence-corrected chi connectivity index (χ0v) is 18.7. The fraction of sp³-hybridized carbons (Fsp3) is 0.269. The number of halogens is 1. The number of aromatic nitrogens is 1. The van der Waals surface area contributed by atoms with E-state index < -0.39 is 0 Å². The van der Waals surface area contributed by atoms with E-state index in [1.165, 1.54) is 0 Å². The Hall–Kier alpha value is -3.18. The van der Waals surface area contributed by atoms with Crippen LogP contribution in [-0.2, 0) is 11.2 Å². The van der Waals surface area contributed by atoms with E-state index in [9.17, 15) is 9.59 Å². The first-order valence-electron chi connectivity index (χ1n) is 10.9. The van der Waals surface area contributed by atoms with Gasteiger partial charge >= 0.3 is 0 Å². The SMILES string of the molecule is CC(=O)N1CCN(C(=O)c2c3c(nc4ccccc24)/C(=C/c2ccc(Cl)cc2)CC3)CC1. The van der Waals surface area contributed by atoms with Crippen LogP contribution in [-0.4, -0.2) is 52.8 Å². The molecule has 162 valence electrons. The summed E-state index contributed by atoms with van der Waals surface area (Å²) in [6.45, 7) is 3.84. The molecule has 0 spiro atoms. The van der Waals surface area contributed by atoms with Crippen LogP contribution in [0.1, 0.15) is 40.5 Å². The smallest absolute Gasteiger partial charge is 0.255 e. The molecule has 0 unspecified atom stereocenters. The van der Waals surface area contributed by atoms with E-state index in [1.54, 1.807) is 11.8 Å². The quantitative estimate of drug-likeness (QED) is 0.575. The molecule has 1 aliphatic heterocycles. The topological polar surface area (TPSA) is 53.5 Å². The van der Waals surface area contributed by atoms with Crippen molar-refractivity contribution < 1.29 is 9.59 Å². The molecule has 3 aromatic rings. The maximum Gasteiger partial charge on any atom is 0.255 e. The molecule has 0 atom stereocenters. The van der Waals surface area contributed by atoms with Crippen LogP contribution in [0.4, 0.5) is 0 Å². The average Bonchev–Trinajstić information content (AvgIpc) is 3.20. The van der Waals surface area contributed by atoms with Crippen LogP contribution in [0.15, 0.2) is 48.5 Å². The van der Waals surface area contributed by atoms with Crippen molar-refractivity contribution >= 4 is 46.0 Å². The molecule has 2 aliphatic rings. The molecule has 2 amide bonds. The molecule has 2 heterocycles. The number of nitrogens with zero attached hydrogens (tertiary/aromatic N) is 3. The van der Waals surface area contributed by atoms with Gasteiger partial charge in [-0.05, 0) is 53.8 Å². The number of fused-ring (bicyclic) bond motifs is 2. The highest BCUT2D eigenvalue weighted by Crippen LogP contribution is 2.38. The van der Waals surface area contributed by atoms with Crippen LogP contribution in [0.2, 0.25) is 5.02 Å². The predicted octanol–water partition coefficient (Wildman–Crippen LogP) is 4.68. The third-order valence-electron chi connectivity index (χ3n) is 6.38. The van der Waals surface area contributed by atoms with Crippen molar-refractivity contribution in [1.29, 1.82) is 0 Å². The molecular weight excluding hydrogens is 422 g/mol. The van der Waals surface area contributed by atoms with Gasteiger partial charge in [-0.15, -0.1) is 0 Å². The number of rotatable bonds is 2. The first kappa shape index (κ1) is 20.7. The number of hydrogen-bond donors (Lipinski definition) is 0. The van der Waals surface area contributed by atoms with Crippen molar-refractivity contribution in [3.05, 3.63) is 75.9 Å². The number of piperazine rings is 1. The van der Waals surface area contributed by atoms with E-state index in [4.69, 9.17) is 16.6 Å². The molecule has 5 rings (SSSR count). The monoisotopic (exact) mass is 445 g/mol. The zero-order chi connectivity index (χ0) is 22.2. The van der Waals surface area contributed by atoms with Crippen molar-refractivity contribution in [2.75, 3.05) is 26.2 Å². The standard InChI is InChI=1S/C26H24ClN3O2/c1-17(31)29-12-14-30(15-13-29)26(32)24-21-4-2-3-5-23(21)28-25-19(8-11-22(24)25)16-18-6-9-20(27)10-7-18/h2-7,9-10,16H,8,11-15H2,1H3/b19-16+.